The van der Waals surface area contributed by atoms with Crippen molar-refractivity contribution in [2.75, 3.05) is 13.2 Å². The quantitative estimate of drug-likeness (QED) is 0.470. The Hall–Kier alpha value is -1.42. The van der Waals surface area contributed by atoms with E-state index in [1.54, 1.807) is 0 Å². The van der Waals surface area contributed by atoms with Gasteiger partial charge in [-0.3, -0.25) is 0 Å². The molecule has 2 aromatic carbocycles. The number of unbranched alkanes of at least 4 members (excludes halogenated alkanes) is 2. The molecule has 0 heterocycles. The fraction of sp³-hybridized carbons (Fsp3) is 0.429. The summed E-state index contributed by atoms with van der Waals surface area (Å²) in [6.07, 6.45) is 3.73. The van der Waals surface area contributed by atoms with Crippen molar-refractivity contribution < 1.29 is 9.47 Å². The molecule has 3 nitrogen and oxygen atoms in total. The first-order valence-electron chi connectivity index (χ1n) is 9.07. The predicted molar refractivity (Wildman–Crippen MR) is 112 cm³/mol. The van der Waals surface area contributed by atoms with Crippen LogP contribution in [0.2, 0.25) is 5.02 Å². The van der Waals surface area contributed by atoms with Crippen LogP contribution in [0, 0.1) is 0 Å². The van der Waals surface area contributed by atoms with E-state index < -0.39 is 0 Å². The third-order valence-electron chi connectivity index (χ3n) is 3.94. The highest BCUT2D eigenvalue weighted by Gasteiger charge is 2.08. The van der Waals surface area contributed by atoms with E-state index in [2.05, 4.69) is 24.4 Å². The molecule has 0 radical (unpaired) electrons. The Morgan fingerprint density at radius 2 is 1.77 bits per heavy atom. The summed E-state index contributed by atoms with van der Waals surface area (Å²) in [7, 11) is 0. The Morgan fingerprint density at radius 3 is 2.50 bits per heavy atom. The van der Waals surface area contributed by atoms with Gasteiger partial charge in [-0.15, -0.1) is 12.4 Å². The minimum absolute atomic E-state index is 0. The lowest BCUT2D eigenvalue weighted by Crippen LogP contribution is -2.14. The van der Waals surface area contributed by atoms with Crippen LogP contribution in [0.5, 0.6) is 11.5 Å². The first-order chi connectivity index (χ1) is 12.2. The van der Waals surface area contributed by atoms with Crippen LogP contribution in [0.15, 0.2) is 42.5 Å². The van der Waals surface area contributed by atoms with Crippen molar-refractivity contribution in [1.82, 2.24) is 5.32 Å². The zero-order valence-corrected chi connectivity index (χ0v) is 17.2. The smallest absolute Gasteiger partial charge is 0.161 e. The summed E-state index contributed by atoms with van der Waals surface area (Å²) in [4.78, 5) is 0. The number of hydrogen-bond acceptors (Lipinski definition) is 3. The molecule has 0 unspecified atom stereocenters. The molecule has 0 atom stereocenters. The molecule has 0 fully saturated rings. The summed E-state index contributed by atoms with van der Waals surface area (Å²) in [6, 6.07) is 13.8. The third-order valence-corrected chi connectivity index (χ3v) is 4.30. The third kappa shape index (κ3) is 7.45. The maximum Gasteiger partial charge on any atom is 0.161 e. The second-order valence-electron chi connectivity index (χ2n) is 5.98. The van der Waals surface area contributed by atoms with Gasteiger partial charge in [0.05, 0.1) is 6.61 Å². The van der Waals surface area contributed by atoms with E-state index in [0.29, 0.717) is 18.2 Å². The molecule has 5 heteroatoms. The standard InChI is InChI=1S/C21H28ClNO2.ClH/c1-3-5-8-13-23-15-17-11-12-20(21(14-17)24-4-2)25-16-18-9-6-7-10-19(18)22;/h6-7,9-12,14,23H,3-5,8,13,15-16H2,1-2H3;1H. The van der Waals surface area contributed by atoms with Crippen molar-refractivity contribution in [2.45, 2.75) is 46.3 Å². The van der Waals surface area contributed by atoms with Crippen LogP contribution in [0.4, 0.5) is 0 Å². The molecular weight excluding hydrogens is 369 g/mol. The van der Waals surface area contributed by atoms with Gasteiger partial charge in [0.1, 0.15) is 6.61 Å². The average molecular weight is 398 g/mol. The fourth-order valence-corrected chi connectivity index (χ4v) is 2.74. The molecule has 0 aliphatic heterocycles. The normalized spacial score (nSPS) is 10.3. The largest absolute Gasteiger partial charge is 0.490 e. The van der Waals surface area contributed by atoms with Gasteiger partial charge in [-0.25, -0.2) is 0 Å². The molecule has 0 saturated heterocycles. The first-order valence-corrected chi connectivity index (χ1v) is 9.45. The SMILES string of the molecule is CCCCCNCc1ccc(OCc2ccccc2Cl)c(OCC)c1.Cl. The van der Waals surface area contributed by atoms with E-state index in [-0.39, 0.29) is 12.4 Å². The lowest BCUT2D eigenvalue weighted by atomic mass is 10.2. The van der Waals surface area contributed by atoms with Crippen LogP contribution in [-0.2, 0) is 13.2 Å². The number of nitrogens with one attached hydrogen (secondary N) is 1. The van der Waals surface area contributed by atoms with Gasteiger partial charge < -0.3 is 14.8 Å². The van der Waals surface area contributed by atoms with E-state index in [1.807, 2.05) is 37.3 Å². The average Bonchev–Trinajstić information content (AvgIpc) is 2.62. The zero-order chi connectivity index (χ0) is 17.9. The topological polar surface area (TPSA) is 30.5 Å². The second-order valence-corrected chi connectivity index (χ2v) is 6.39. The summed E-state index contributed by atoms with van der Waals surface area (Å²) < 4.78 is 11.7. The zero-order valence-electron chi connectivity index (χ0n) is 15.6. The molecule has 0 bridgehead atoms. The van der Waals surface area contributed by atoms with Gasteiger partial charge in [0, 0.05) is 17.1 Å². The Morgan fingerprint density at radius 1 is 0.962 bits per heavy atom. The van der Waals surface area contributed by atoms with E-state index in [4.69, 9.17) is 21.1 Å². The summed E-state index contributed by atoms with van der Waals surface area (Å²) >= 11 is 6.19. The van der Waals surface area contributed by atoms with Crippen molar-refractivity contribution in [1.29, 1.82) is 0 Å². The molecule has 0 aliphatic rings. The summed E-state index contributed by atoms with van der Waals surface area (Å²) in [5.74, 6) is 1.53. The van der Waals surface area contributed by atoms with Crippen molar-refractivity contribution in [3.05, 3.63) is 58.6 Å². The lowest BCUT2D eigenvalue weighted by Gasteiger charge is -2.14. The van der Waals surface area contributed by atoms with Crippen molar-refractivity contribution >= 4 is 24.0 Å². The molecule has 0 aliphatic carbocycles. The number of benzene rings is 2. The molecule has 144 valence electrons. The van der Waals surface area contributed by atoms with Gasteiger partial charge in [0.15, 0.2) is 11.5 Å². The number of ether oxygens (including phenoxy) is 2. The number of hydrogen-bond donors (Lipinski definition) is 1. The molecule has 26 heavy (non-hydrogen) atoms. The Bertz CT molecular complexity index is 650. The lowest BCUT2D eigenvalue weighted by molar-refractivity contribution is 0.269. The van der Waals surface area contributed by atoms with Crippen LogP contribution in [-0.4, -0.2) is 13.2 Å². The number of rotatable bonds is 11. The van der Waals surface area contributed by atoms with Crippen LogP contribution >= 0.6 is 24.0 Å². The second kappa shape index (κ2) is 12.9. The molecule has 2 rings (SSSR count). The Kier molecular flexibility index (Phi) is 11.2. The molecule has 0 aromatic heterocycles. The van der Waals surface area contributed by atoms with E-state index in [1.165, 1.54) is 24.8 Å². The first kappa shape index (κ1) is 22.6. The van der Waals surface area contributed by atoms with Gasteiger partial charge in [-0.05, 0) is 43.7 Å². The molecule has 2 aromatic rings. The van der Waals surface area contributed by atoms with Crippen LogP contribution in [0.25, 0.3) is 0 Å². The summed E-state index contributed by atoms with van der Waals surface area (Å²) in [5, 5.41) is 4.19. The Balaban J connectivity index is 0.00000338. The maximum atomic E-state index is 6.19. The van der Waals surface area contributed by atoms with E-state index in [0.717, 1.165) is 30.2 Å². The molecule has 0 saturated carbocycles. The monoisotopic (exact) mass is 397 g/mol. The number of halogens is 2. The van der Waals surface area contributed by atoms with Crippen LogP contribution in [0.3, 0.4) is 0 Å². The highest BCUT2D eigenvalue weighted by molar-refractivity contribution is 6.31. The predicted octanol–water partition coefficient (Wildman–Crippen LogP) is 6.02. The van der Waals surface area contributed by atoms with Gasteiger partial charge >= 0.3 is 0 Å². The summed E-state index contributed by atoms with van der Waals surface area (Å²) in [6.45, 7) is 7.12. The van der Waals surface area contributed by atoms with E-state index in [9.17, 15) is 0 Å². The molecular formula is C21H29Cl2NO2. The van der Waals surface area contributed by atoms with Gasteiger partial charge in [-0.2, -0.15) is 0 Å². The molecule has 0 amide bonds. The van der Waals surface area contributed by atoms with Crippen molar-refractivity contribution in [3.63, 3.8) is 0 Å². The summed E-state index contributed by atoms with van der Waals surface area (Å²) in [5.41, 5.74) is 2.17. The van der Waals surface area contributed by atoms with Gasteiger partial charge in [0.25, 0.3) is 0 Å². The minimum atomic E-state index is 0. The van der Waals surface area contributed by atoms with Crippen molar-refractivity contribution in [3.8, 4) is 11.5 Å². The van der Waals surface area contributed by atoms with Crippen molar-refractivity contribution in [2.24, 2.45) is 0 Å². The van der Waals surface area contributed by atoms with Crippen LogP contribution in [0.1, 0.15) is 44.2 Å². The van der Waals surface area contributed by atoms with E-state index >= 15 is 0 Å². The minimum Gasteiger partial charge on any atom is -0.490 e. The maximum absolute atomic E-state index is 6.19. The highest BCUT2D eigenvalue weighted by atomic mass is 35.5. The Labute approximate surface area is 168 Å². The highest BCUT2D eigenvalue weighted by Crippen LogP contribution is 2.30. The molecule has 0 spiro atoms. The van der Waals surface area contributed by atoms with Crippen LogP contribution < -0.4 is 14.8 Å². The van der Waals surface area contributed by atoms with Gasteiger partial charge in [-0.1, -0.05) is 55.6 Å². The van der Waals surface area contributed by atoms with Gasteiger partial charge in [0.2, 0.25) is 0 Å². The fourth-order valence-electron chi connectivity index (χ4n) is 2.55. The molecule has 1 N–H and O–H groups in total.